The summed E-state index contributed by atoms with van der Waals surface area (Å²) >= 11 is 0. The molecule has 1 fully saturated rings. The van der Waals surface area contributed by atoms with Crippen LogP contribution in [0.3, 0.4) is 0 Å². The van der Waals surface area contributed by atoms with Gasteiger partial charge in [-0.25, -0.2) is 0 Å². The number of carbonyl (C=O) groups excluding carboxylic acids is 1. The van der Waals surface area contributed by atoms with E-state index in [9.17, 15) is 4.79 Å². The Morgan fingerprint density at radius 3 is 2.65 bits per heavy atom. The minimum Gasteiger partial charge on any atom is -0.396 e. The molecule has 0 aliphatic carbocycles. The lowest BCUT2D eigenvalue weighted by atomic mass is 9.97. The zero-order chi connectivity index (χ0) is 14.5. The van der Waals surface area contributed by atoms with Crippen LogP contribution in [0.5, 0.6) is 0 Å². The second-order valence-corrected chi connectivity index (χ2v) is 5.48. The Balaban J connectivity index is 2.04. The van der Waals surface area contributed by atoms with Crippen molar-refractivity contribution >= 4 is 11.6 Å². The van der Waals surface area contributed by atoms with E-state index < -0.39 is 0 Å². The molecule has 1 aromatic rings. The number of nitrogens with zero attached hydrogens (tertiary/aromatic N) is 1. The summed E-state index contributed by atoms with van der Waals surface area (Å²) in [6, 6.07) is 5.83. The Hall–Kier alpha value is -1.55. The zero-order valence-electron chi connectivity index (χ0n) is 12.4. The van der Waals surface area contributed by atoms with Gasteiger partial charge in [0, 0.05) is 37.5 Å². The standard InChI is InChI=1S/C16H24N2O2/c1-3-17-15-5-4-14(10-12(15)2)16(20)18-8-6-13(11-19)7-9-18/h4-5,10,13,17,19H,3,6-9,11H2,1-2H3. The van der Waals surface area contributed by atoms with Crippen molar-refractivity contribution in [2.45, 2.75) is 26.7 Å². The quantitative estimate of drug-likeness (QED) is 0.887. The van der Waals surface area contributed by atoms with E-state index in [1.54, 1.807) is 0 Å². The van der Waals surface area contributed by atoms with Gasteiger partial charge in [0.15, 0.2) is 0 Å². The van der Waals surface area contributed by atoms with Crippen molar-refractivity contribution in [3.8, 4) is 0 Å². The summed E-state index contributed by atoms with van der Waals surface area (Å²) in [4.78, 5) is 14.4. The van der Waals surface area contributed by atoms with Gasteiger partial charge >= 0.3 is 0 Å². The van der Waals surface area contributed by atoms with E-state index in [0.717, 1.165) is 49.3 Å². The lowest BCUT2D eigenvalue weighted by molar-refractivity contribution is 0.0651. The van der Waals surface area contributed by atoms with Gasteiger partial charge in [-0.3, -0.25) is 4.79 Å². The van der Waals surface area contributed by atoms with E-state index >= 15 is 0 Å². The third-order valence-electron chi connectivity index (χ3n) is 4.00. The normalized spacial score (nSPS) is 16.2. The first kappa shape index (κ1) is 14.9. The zero-order valence-corrected chi connectivity index (χ0v) is 12.4. The number of aryl methyl sites for hydroxylation is 1. The fourth-order valence-electron chi connectivity index (χ4n) is 2.69. The number of piperidine rings is 1. The summed E-state index contributed by atoms with van der Waals surface area (Å²) in [6.45, 7) is 6.69. The van der Waals surface area contributed by atoms with Crippen LogP contribution in [0.1, 0.15) is 35.7 Å². The maximum Gasteiger partial charge on any atom is 0.253 e. The van der Waals surface area contributed by atoms with Crippen LogP contribution in [0, 0.1) is 12.8 Å². The molecule has 1 heterocycles. The Morgan fingerprint density at radius 2 is 2.10 bits per heavy atom. The van der Waals surface area contributed by atoms with Crippen molar-refractivity contribution in [2.24, 2.45) is 5.92 Å². The second-order valence-electron chi connectivity index (χ2n) is 5.48. The van der Waals surface area contributed by atoms with Gasteiger partial charge in [-0.05, 0) is 56.4 Å². The number of hydrogen-bond donors (Lipinski definition) is 2. The van der Waals surface area contributed by atoms with Gasteiger partial charge in [-0.1, -0.05) is 0 Å². The van der Waals surface area contributed by atoms with Crippen molar-refractivity contribution in [2.75, 3.05) is 31.6 Å². The Bertz CT molecular complexity index is 466. The van der Waals surface area contributed by atoms with Gasteiger partial charge in [0.2, 0.25) is 0 Å². The minimum absolute atomic E-state index is 0.104. The number of benzene rings is 1. The fraction of sp³-hybridized carbons (Fsp3) is 0.562. The molecule has 1 aromatic carbocycles. The average Bonchev–Trinajstić information content (AvgIpc) is 2.49. The number of amides is 1. The summed E-state index contributed by atoms with van der Waals surface area (Å²) in [6.07, 6.45) is 1.80. The van der Waals surface area contributed by atoms with Crippen LogP contribution in [-0.2, 0) is 0 Å². The van der Waals surface area contributed by atoms with Crippen molar-refractivity contribution in [3.05, 3.63) is 29.3 Å². The molecule has 20 heavy (non-hydrogen) atoms. The van der Waals surface area contributed by atoms with E-state index in [-0.39, 0.29) is 12.5 Å². The number of aliphatic hydroxyl groups excluding tert-OH is 1. The van der Waals surface area contributed by atoms with Crippen LogP contribution in [0.2, 0.25) is 0 Å². The molecule has 1 aliphatic rings. The molecule has 0 radical (unpaired) electrons. The molecule has 4 heteroatoms. The van der Waals surface area contributed by atoms with Gasteiger partial charge in [0.25, 0.3) is 5.91 Å². The molecule has 2 rings (SSSR count). The number of rotatable bonds is 4. The van der Waals surface area contributed by atoms with Crippen molar-refractivity contribution in [1.29, 1.82) is 0 Å². The Morgan fingerprint density at radius 1 is 1.40 bits per heavy atom. The molecule has 110 valence electrons. The summed E-state index contributed by atoms with van der Waals surface area (Å²) in [5.74, 6) is 0.462. The van der Waals surface area contributed by atoms with Gasteiger partial charge in [0.1, 0.15) is 0 Å². The van der Waals surface area contributed by atoms with Crippen molar-refractivity contribution < 1.29 is 9.90 Å². The van der Waals surface area contributed by atoms with E-state index in [2.05, 4.69) is 12.2 Å². The van der Waals surface area contributed by atoms with Crippen LogP contribution in [0.15, 0.2) is 18.2 Å². The molecular formula is C16H24N2O2. The third-order valence-corrected chi connectivity index (χ3v) is 4.00. The second kappa shape index (κ2) is 6.75. The van der Waals surface area contributed by atoms with Crippen LogP contribution < -0.4 is 5.32 Å². The molecule has 0 saturated carbocycles. The largest absolute Gasteiger partial charge is 0.396 e. The van der Waals surface area contributed by atoms with Gasteiger partial charge in [-0.2, -0.15) is 0 Å². The monoisotopic (exact) mass is 276 g/mol. The SMILES string of the molecule is CCNc1ccc(C(=O)N2CCC(CO)CC2)cc1C. The molecule has 0 unspecified atom stereocenters. The number of anilines is 1. The molecule has 0 aromatic heterocycles. The first-order valence-electron chi connectivity index (χ1n) is 7.40. The van der Waals surface area contributed by atoms with Crippen molar-refractivity contribution in [3.63, 3.8) is 0 Å². The van der Waals surface area contributed by atoms with E-state index in [1.165, 1.54) is 0 Å². The summed E-state index contributed by atoms with van der Waals surface area (Å²) in [5.41, 5.74) is 2.94. The number of hydrogen-bond acceptors (Lipinski definition) is 3. The first-order valence-corrected chi connectivity index (χ1v) is 7.40. The molecule has 2 N–H and O–H groups in total. The fourth-order valence-corrected chi connectivity index (χ4v) is 2.69. The molecule has 1 aliphatic heterocycles. The van der Waals surface area contributed by atoms with Gasteiger partial charge in [-0.15, -0.1) is 0 Å². The third kappa shape index (κ3) is 3.31. The molecule has 0 atom stereocenters. The highest BCUT2D eigenvalue weighted by atomic mass is 16.3. The Kier molecular flexibility index (Phi) is 5.01. The number of likely N-dealkylation sites (tertiary alicyclic amines) is 1. The minimum atomic E-state index is 0.104. The maximum atomic E-state index is 12.5. The molecule has 1 amide bonds. The Labute approximate surface area is 120 Å². The molecule has 1 saturated heterocycles. The van der Waals surface area contributed by atoms with E-state index in [1.807, 2.05) is 30.0 Å². The predicted molar refractivity (Wildman–Crippen MR) is 81.1 cm³/mol. The molecule has 0 spiro atoms. The number of carbonyl (C=O) groups is 1. The topological polar surface area (TPSA) is 52.6 Å². The summed E-state index contributed by atoms with van der Waals surface area (Å²) in [7, 11) is 0. The van der Waals surface area contributed by atoms with Gasteiger partial charge < -0.3 is 15.3 Å². The smallest absolute Gasteiger partial charge is 0.253 e. The lowest BCUT2D eigenvalue weighted by Crippen LogP contribution is -2.39. The van der Waals surface area contributed by atoms with Crippen LogP contribution >= 0.6 is 0 Å². The number of nitrogens with one attached hydrogen (secondary N) is 1. The van der Waals surface area contributed by atoms with Crippen molar-refractivity contribution in [1.82, 2.24) is 4.90 Å². The molecular weight excluding hydrogens is 252 g/mol. The van der Waals surface area contributed by atoms with Crippen LogP contribution in [-0.4, -0.2) is 42.2 Å². The molecule has 0 bridgehead atoms. The maximum absolute atomic E-state index is 12.5. The van der Waals surface area contributed by atoms with Gasteiger partial charge in [0.05, 0.1) is 0 Å². The molecule has 4 nitrogen and oxygen atoms in total. The number of aliphatic hydroxyl groups is 1. The summed E-state index contributed by atoms with van der Waals surface area (Å²) < 4.78 is 0. The van der Waals surface area contributed by atoms with Crippen LogP contribution in [0.25, 0.3) is 0 Å². The summed E-state index contributed by atoms with van der Waals surface area (Å²) in [5, 5.41) is 12.4. The lowest BCUT2D eigenvalue weighted by Gasteiger charge is -2.31. The van der Waals surface area contributed by atoms with E-state index in [4.69, 9.17) is 5.11 Å². The average molecular weight is 276 g/mol. The highest BCUT2D eigenvalue weighted by molar-refractivity contribution is 5.95. The highest BCUT2D eigenvalue weighted by Gasteiger charge is 2.23. The van der Waals surface area contributed by atoms with E-state index in [0.29, 0.717) is 5.92 Å². The predicted octanol–water partition coefficient (Wildman–Crippen LogP) is 2.27. The van der Waals surface area contributed by atoms with Crippen LogP contribution in [0.4, 0.5) is 5.69 Å². The first-order chi connectivity index (χ1) is 9.65. The highest BCUT2D eigenvalue weighted by Crippen LogP contribution is 2.21.